The van der Waals surface area contributed by atoms with Gasteiger partial charge in [-0.25, -0.2) is 0 Å². The monoisotopic (exact) mass is 217 g/mol. The molecule has 0 radical (unpaired) electrons. The molecule has 1 aliphatic carbocycles. The second-order valence-electron chi connectivity index (χ2n) is 4.28. The first-order valence-corrected chi connectivity index (χ1v) is 5.66. The minimum absolute atomic E-state index is 0.661. The summed E-state index contributed by atoms with van der Waals surface area (Å²) >= 11 is 0. The van der Waals surface area contributed by atoms with Crippen molar-refractivity contribution in [2.45, 2.75) is 31.8 Å². The third-order valence-corrected chi connectivity index (χ3v) is 3.19. The summed E-state index contributed by atoms with van der Waals surface area (Å²) in [5.41, 5.74) is 7.23. The van der Waals surface area contributed by atoms with Crippen molar-refractivity contribution >= 4 is 11.3 Å². The first-order chi connectivity index (χ1) is 7.84. The second kappa shape index (κ2) is 3.75. The Morgan fingerprint density at radius 1 is 1.44 bits per heavy atom. The zero-order valence-corrected chi connectivity index (χ0v) is 9.06. The molecule has 5 heteroatoms. The van der Waals surface area contributed by atoms with Crippen LogP contribution in [0.15, 0.2) is 18.3 Å². The van der Waals surface area contributed by atoms with Crippen LogP contribution < -0.4 is 11.1 Å². The maximum atomic E-state index is 5.82. The van der Waals surface area contributed by atoms with E-state index in [0.717, 1.165) is 18.0 Å². The minimum atomic E-state index is 0.661. The number of nitrogens with zero attached hydrogens (tertiary/aromatic N) is 3. The molecule has 2 aromatic heterocycles. The van der Waals surface area contributed by atoms with Crippen molar-refractivity contribution in [3.05, 3.63) is 24.2 Å². The van der Waals surface area contributed by atoms with Crippen molar-refractivity contribution in [3.63, 3.8) is 0 Å². The summed E-state index contributed by atoms with van der Waals surface area (Å²) in [7, 11) is 0. The van der Waals surface area contributed by atoms with Gasteiger partial charge in [-0.1, -0.05) is 6.42 Å². The molecule has 0 amide bonds. The van der Waals surface area contributed by atoms with Crippen molar-refractivity contribution in [2.24, 2.45) is 0 Å². The third-order valence-electron chi connectivity index (χ3n) is 3.19. The molecular weight excluding hydrogens is 202 g/mol. The molecule has 1 aliphatic rings. The summed E-state index contributed by atoms with van der Waals surface area (Å²) in [6.45, 7) is 0.759. The number of nitrogen functional groups attached to an aromatic ring is 1. The Labute approximate surface area is 93.7 Å². The number of fused-ring (bicyclic) bond motifs is 1. The molecule has 84 valence electrons. The van der Waals surface area contributed by atoms with Gasteiger partial charge in [-0.2, -0.15) is 0 Å². The van der Waals surface area contributed by atoms with E-state index in [1.54, 1.807) is 0 Å². The van der Waals surface area contributed by atoms with Crippen LogP contribution in [0.5, 0.6) is 0 Å². The summed E-state index contributed by atoms with van der Waals surface area (Å²) in [6, 6.07) is 4.42. The second-order valence-corrected chi connectivity index (χ2v) is 4.28. The summed E-state index contributed by atoms with van der Waals surface area (Å²) in [4.78, 5) is 0. The van der Waals surface area contributed by atoms with Gasteiger partial charge in [-0.15, -0.1) is 10.2 Å². The number of pyridine rings is 1. The van der Waals surface area contributed by atoms with Gasteiger partial charge in [-0.3, -0.25) is 4.40 Å². The highest BCUT2D eigenvalue weighted by atomic mass is 15.3. The molecule has 5 nitrogen and oxygen atoms in total. The van der Waals surface area contributed by atoms with Gasteiger partial charge < -0.3 is 11.1 Å². The standard InChI is InChI=1S/C11H15N5/c12-9-5-2-6-16-10(14-15-11(9)16)7-13-8-3-1-4-8/h2,5-6,8,13H,1,3-4,7,12H2. The largest absolute Gasteiger partial charge is 0.396 e. The maximum Gasteiger partial charge on any atom is 0.184 e. The maximum absolute atomic E-state index is 5.82. The van der Waals surface area contributed by atoms with E-state index in [2.05, 4.69) is 15.5 Å². The molecule has 0 unspecified atom stereocenters. The van der Waals surface area contributed by atoms with Crippen LogP contribution in [0, 0.1) is 0 Å². The lowest BCUT2D eigenvalue weighted by Gasteiger charge is -2.26. The predicted molar refractivity (Wildman–Crippen MR) is 61.9 cm³/mol. The fourth-order valence-electron chi connectivity index (χ4n) is 1.95. The van der Waals surface area contributed by atoms with Crippen molar-refractivity contribution in [2.75, 3.05) is 5.73 Å². The van der Waals surface area contributed by atoms with Gasteiger partial charge in [0.15, 0.2) is 11.5 Å². The quantitative estimate of drug-likeness (QED) is 0.803. The van der Waals surface area contributed by atoms with E-state index in [4.69, 9.17) is 5.73 Å². The van der Waals surface area contributed by atoms with Gasteiger partial charge >= 0.3 is 0 Å². The zero-order chi connectivity index (χ0) is 11.0. The number of hydrogen-bond donors (Lipinski definition) is 2. The van der Waals surface area contributed by atoms with E-state index in [9.17, 15) is 0 Å². The van der Waals surface area contributed by atoms with Crippen LogP contribution in [0.3, 0.4) is 0 Å². The van der Waals surface area contributed by atoms with Gasteiger partial charge in [-0.05, 0) is 25.0 Å². The average Bonchev–Trinajstić information content (AvgIpc) is 2.61. The Hall–Kier alpha value is -1.62. The molecule has 3 rings (SSSR count). The molecule has 0 bridgehead atoms. The van der Waals surface area contributed by atoms with Gasteiger partial charge in [0.2, 0.25) is 0 Å². The van der Waals surface area contributed by atoms with Crippen LogP contribution >= 0.6 is 0 Å². The number of hydrogen-bond acceptors (Lipinski definition) is 4. The Balaban J connectivity index is 1.83. The number of anilines is 1. The average molecular weight is 217 g/mol. The molecule has 1 fully saturated rings. The third kappa shape index (κ3) is 1.53. The van der Waals surface area contributed by atoms with Gasteiger partial charge in [0, 0.05) is 12.2 Å². The number of rotatable bonds is 3. The normalized spacial score (nSPS) is 16.5. The molecule has 16 heavy (non-hydrogen) atoms. The van der Waals surface area contributed by atoms with Crippen LogP contribution in [-0.4, -0.2) is 20.6 Å². The summed E-state index contributed by atoms with van der Waals surface area (Å²) in [5.74, 6) is 0.925. The molecule has 0 saturated heterocycles. The highest BCUT2D eigenvalue weighted by Crippen LogP contribution is 2.18. The van der Waals surface area contributed by atoms with E-state index >= 15 is 0 Å². The Morgan fingerprint density at radius 2 is 2.31 bits per heavy atom. The van der Waals surface area contributed by atoms with Gasteiger partial charge in [0.25, 0.3) is 0 Å². The first kappa shape index (κ1) is 9.59. The fourth-order valence-corrected chi connectivity index (χ4v) is 1.95. The predicted octanol–water partition coefficient (Wildman–Crippen LogP) is 0.954. The van der Waals surface area contributed by atoms with Crippen LogP contribution in [-0.2, 0) is 6.54 Å². The van der Waals surface area contributed by atoms with Gasteiger partial charge in [0.1, 0.15) is 0 Å². The molecule has 2 aromatic rings. The van der Waals surface area contributed by atoms with Crippen molar-refractivity contribution in [1.29, 1.82) is 0 Å². The van der Waals surface area contributed by atoms with Crippen LogP contribution in [0.2, 0.25) is 0 Å². The van der Waals surface area contributed by atoms with Crippen LogP contribution in [0.25, 0.3) is 5.65 Å². The zero-order valence-electron chi connectivity index (χ0n) is 9.06. The van der Waals surface area contributed by atoms with Crippen LogP contribution in [0.4, 0.5) is 5.69 Å². The first-order valence-electron chi connectivity index (χ1n) is 5.66. The molecule has 0 spiro atoms. The summed E-state index contributed by atoms with van der Waals surface area (Å²) in [6.07, 6.45) is 5.84. The Bertz CT molecular complexity index is 500. The molecule has 0 aliphatic heterocycles. The SMILES string of the molecule is Nc1cccn2c(CNC3CCC3)nnc12. The van der Waals surface area contributed by atoms with E-state index in [0.29, 0.717) is 11.7 Å². The number of nitrogens with two attached hydrogens (primary N) is 1. The number of aromatic nitrogens is 3. The van der Waals surface area contributed by atoms with E-state index < -0.39 is 0 Å². The minimum Gasteiger partial charge on any atom is -0.396 e. The Kier molecular flexibility index (Phi) is 2.25. The van der Waals surface area contributed by atoms with E-state index in [1.807, 2.05) is 22.7 Å². The lowest BCUT2D eigenvalue weighted by Crippen LogP contribution is -2.35. The molecule has 0 atom stereocenters. The molecular formula is C11H15N5. The topological polar surface area (TPSA) is 68.2 Å². The lowest BCUT2D eigenvalue weighted by atomic mass is 9.93. The highest BCUT2D eigenvalue weighted by Gasteiger charge is 2.17. The molecule has 3 N–H and O–H groups in total. The molecule has 2 heterocycles. The summed E-state index contributed by atoms with van der Waals surface area (Å²) in [5, 5.41) is 11.7. The lowest BCUT2D eigenvalue weighted by molar-refractivity contribution is 0.335. The van der Waals surface area contributed by atoms with Crippen LogP contribution in [0.1, 0.15) is 25.1 Å². The highest BCUT2D eigenvalue weighted by molar-refractivity contribution is 5.63. The van der Waals surface area contributed by atoms with E-state index in [1.165, 1.54) is 19.3 Å². The van der Waals surface area contributed by atoms with Crippen molar-refractivity contribution in [1.82, 2.24) is 19.9 Å². The Morgan fingerprint density at radius 3 is 3.06 bits per heavy atom. The van der Waals surface area contributed by atoms with Crippen molar-refractivity contribution in [3.8, 4) is 0 Å². The van der Waals surface area contributed by atoms with Gasteiger partial charge in [0.05, 0.1) is 12.2 Å². The van der Waals surface area contributed by atoms with Crippen molar-refractivity contribution < 1.29 is 0 Å². The summed E-state index contributed by atoms with van der Waals surface area (Å²) < 4.78 is 1.95. The van der Waals surface area contributed by atoms with E-state index in [-0.39, 0.29) is 0 Å². The molecule has 1 saturated carbocycles. The smallest absolute Gasteiger partial charge is 0.184 e. The molecule has 0 aromatic carbocycles. The number of nitrogens with one attached hydrogen (secondary N) is 1. The fraction of sp³-hybridized carbons (Fsp3) is 0.455.